The van der Waals surface area contributed by atoms with Gasteiger partial charge in [0.2, 0.25) is 15.9 Å². The van der Waals surface area contributed by atoms with E-state index in [1.807, 2.05) is 17.5 Å². The fraction of sp³-hybridized carbons (Fsp3) is 0.294. The standard InChI is InChI=1S/C17H19N3O3S3/c1-20(26(22,23)16-6-4-14(11-18)5-7-16)12-17(21)19-8-10-24-13-15-3-2-9-25-15/h2-7,9H,8,10,12-13H2,1H3,(H,19,21). The van der Waals surface area contributed by atoms with E-state index in [0.717, 1.165) is 15.8 Å². The summed E-state index contributed by atoms with van der Waals surface area (Å²) in [5, 5.41) is 13.5. The van der Waals surface area contributed by atoms with Crippen molar-refractivity contribution < 1.29 is 13.2 Å². The van der Waals surface area contributed by atoms with E-state index >= 15 is 0 Å². The summed E-state index contributed by atoms with van der Waals surface area (Å²) in [7, 11) is -2.40. The Kier molecular flexibility index (Phi) is 7.66. The van der Waals surface area contributed by atoms with Gasteiger partial charge >= 0.3 is 0 Å². The van der Waals surface area contributed by atoms with E-state index in [9.17, 15) is 13.2 Å². The van der Waals surface area contributed by atoms with Crippen LogP contribution in [-0.2, 0) is 20.6 Å². The molecule has 0 aliphatic heterocycles. The van der Waals surface area contributed by atoms with Crippen molar-refractivity contribution in [1.82, 2.24) is 9.62 Å². The first-order valence-electron chi connectivity index (χ1n) is 7.77. The average Bonchev–Trinajstić information content (AvgIpc) is 3.14. The highest BCUT2D eigenvalue weighted by molar-refractivity contribution is 7.98. The van der Waals surface area contributed by atoms with Crippen molar-refractivity contribution in [2.24, 2.45) is 0 Å². The van der Waals surface area contributed by atoms with Gasteiger partial charge in [0, 0.05) is 30.0 Å². The average molecular weight is 410 g/mol. The molecule has 0 atom stereocenters. The van der Waals surface area contributed by atoms with Gasteiger partial charge in [0.05, 0.1) is 23.1 Å². The van der Waals surface area contributed by atoms with Gasteiger partial charge in [0.15, 0.2) is 0 Å². The molecule has 1 N–H and O–H groups in total. The van der Waals surface area contributed by atoms with Crippen LogP contribution < -0.4 is 5.32 Å². The lowest BCUT2D eigenvalue weighted by molar-refractivity contribution is -0.121. The summed E-state index contributed by atoms with van der Waals surface area (Å²) in [6.07, 6.45) is 0. The topological polar surface area (TPSA) is 90.3 Å². The normalized spacial score (nSPS) is 11.3. The minimum Gasteiger partial charge on any atom is -0.354 e. The molecule has 0 saturated heterocycles. The minimum absolute atomic E-state index is 0.0540. The molecule has 0 saturated carbocycles. The Morgan fingerprint density at radius 1 is 1.31 bits per heavy atom. The molecule has 0 radical (unpaired) electrons. The van der Waals surface area contributed by atoms with Gasteiger partial charge in [-0.3, -0.25) is 4.79 Å². The summed E-state index contributed by atoms with van der Waals surface area (Å²) in [6.45, 7) is 0.234. The van der Waals surface area contributed by atoms with E-state index in [0.29, 0.717) is 12.1 Å². The first-order valence-corrected chi connectivity index (χ1v) is 11.2. The predicted molar refractivity (Wildman–Crippen MR) is 104 cm³/mol. The number of nitriles is 1. The number of amides is 1. The molecule has 2 rings (SSSR count). The number of nitrogens with one attached hydrogen (secondary N) is 1. The van der Waals surface area contributed by atoms with Gasteiger partial charge in [0.25, 0.3) is 0 Å². The van der Waals surface area contributed by atoms with Gasteiger partial charge in [0.1, 0.15) is 0 Å². The highest BCUT2D eigenvalue weighted by atomic mass is 32.2. The molecule has 0 spiro atoms. The number of rotatable bonds is 9. The van der Waals surface area contributed by atoms with Gasteiger partial charge in [-0.15, -0.1) is 11.3 Å². The zero-order valence-corrected chi connectivity index (χ0v) is 16.7. The fourth-order valence-electron chi connectivity index (χ4n) is 2.05. The monoisotopic (exact) mass is 409 g/mol. The van der Waals surface area contributed by atoms with Crippen molar-refractivity contribution in [2.75, 3.05) is 25.9 Å². The number of likely N-dealkylation sites (N-methyl/N-ethyl adjacent to an activating group) is 1. The Bertz CT molecular complexity index is 857. The molecule has 1 aromatic carbocycles. The molecule has 0 aliphatic rings. The third-order valence-corrected chi connectivity index (χ3v) is 7.34. The summed E-state index contributed by atoms with van der Waals surface area (Å²) in [5.74, 6) is 1.32. The summed E-state index contributed by atoms with van der Waals surface area (Å²) < 4.78 is 25.9. The van der Waals surface area contributed by atoms with Crippen molar-refractivity contribution >= 4 is 39.0 Å². The third-order valence-electron chi connectivity index (χ3n) is 3.45. The van der Waals surface area contributed by atoms with Crippen LogP contribution in [0.15, 0.2) is 46.7 Å². The first-order chi connectivity index (χ1) is 12.4. The van der Waals surface area contributed by atoms with E-state index < -0.39 is 10.0 Å². The van der Waals surface area contributed by atoms with Gasteiger partial charge < -0.3 is 5.32 Å². The van der Waals surface area contributed by atoms with Crippen LogP contribution in [0.3, 0.4) is 0 Å². The Labute approximate surface area is 161 Å². The second kappa shape index (κ2) is 9.73. The molecule has 0 bridgehead atoms. The third kappa shape index (κ3) is 5.85. The number of sulfonamides is 1. The van der Waals surface area contributed by atoms with Crippen LogP contribution in [0.25, 0.3) is 0 Å². The molecule has 0 aliphatic carbocycles. The molecule has 0 fully saturated rings. The molecule has 6 nitrogen and oxygen atoms in total. The van der Waals surface area contributed by atoms with Crippen LogP contribution in [-0.4, -0.2) is 44.5 Å². The molecule has 1 amide bonds. The Morgan fingerprint density at radius 3 is 2.65 bits per heavy atom. The van der Waals surface area contributed by atoms with Gasteiger partial charge in [-0.05, 0) is 35.7 Å². The quantitative estimate of drug-likeness (QED) is 0.642. The fourth-order valence-corrected chi connectivity index (χ4v) is 4.88. The molecule has 1 heterocycles. The van der Waals surface area contributed by atoms with Crippen molar-refractivity contribution in [3.05, 3.63) is 52.2 Å². The van der Waals surface area contributed by atoms with Crippen LogP contribution in [0.5, 0.6) is 0 Å². The molecule has 0 unspecified atom stereocenters. The van der Waals surface area contributed by atoms with Gasteiger partial charge in [-0.2, -0.15) is 21.3 Å². The second-order valence-electron chi connectivity index (χ2n) is 5.38. The van der Waals surface area contributed by atoms with E-state index in [2.05, 4.69) is 11.4 Å². The molecular weight excluding hydrogens is 390 g/mol. The molecule has 9 heteroatoms. The van der Waals surface area contributed by atoms with E-state index in [-0.39, 0.29) is 17.3 Å². The first kappa shape index (κ1) is 20.5. The van der Waals surface area contributed by atoms with Crippen LogP contribution in [0.4, 0.5) is 0 Å². The summed E-state index contributed by atoms with van der Waals surface area (Å²) in [6, 6.07) is 11.6. The lowest BCUT2D eigenvalue weighted by Crippen LogP contribution is -2.39. The highest BCUT2D eigenvalue weighted by Crippen LogP contribution is 2.16. The number of hydrogen-bond acceptors (Lipinski definition) is 6. The smallest absolute Gasteiger partial charge is 0.243 e. The van der Waals surface area contributed by atoms with Crippen LogP contribution in [0.2, 0.25) is 0 Å². The van der Waals surface area contributed by atoms with Gasteiger partial charge in [-0.1, -0.05) is 6.07 Å². The molecule has 138 valence electrons. The number of nitrogens with zero attached hydrogens (tertiary/aromatic N) is 2. The van der Waals surface area contributed by atoms with Crippen LogP contribution in [0, 0.1) is 11.3 Å². The van der Waals surface area contributed by atoms with Gasteiger partial charge in [-0.25, -0.2) is 8.42 Å². The lowest BCUT2D eigenvalue weighted by Gasteiger charge is -2.17. The maximum Gasteiger partial charge on any atom is 0.243 e. The number of carbonyl (C=O) groups is 1. The van der Waals surface area contributed by atoms with Crippen molar-refractivity contribution in [3.8, 4) is 6.07 Å². The minimum atomic E-state index is -3.76. The van der Waals surface area contributed by atoms with Crippen LogP contribution >= 0.6 is 23.1 Å². The maximum absolute atomic E-state index is 12.4. The Hall–Kier alpha value is -1.86. The second-order valence-corrected chi connectivity index (χ2v) is 9.56. The Morgan fingerprint density at radius 2 is 2.04 bits per heavy atom. The predicted octanol–water partition coefficient (Wildman–Crippen LogP) is 2.29. The van der Waals surface area contributed by atoms with Crippen molar-refractivity contribution in [2.45, 2.75) is 10.6 Å². The lowest BCUT2D eigenvalue weighted by atomic mass is 10.2. The highest BCUT2D eigenvalue weighted by Gasteiger charge is 2.22. The SMILES string of the molecule is CN(CC(=O)NCCSCc1cccs1)S(=O)(=O)c1ccc(C#N)cc1. The molecule has 2 aromatic rings. The number of carbonyl (C=O) groups excluding carboxylic acids is 1. The summed E-state index contributed by atoms with van der Waals surface area (Å²) in [4.78, 5) is 13.3. The Balaban J connectivity index is 1.77. The molecule has 26 heavy (non-hydrogen) atoms. The summed E-state index contributed by atoms with van der Waals surface area (Å²) >= 11 is 3.41. The summed E-state index contributed by atoms with van der Waals surface area (Å²) in [5.41, 5.74) is 0.379. The maximum atomic E-state index is 12.4. The number of thiophene rings is 1. The van der Waals surface area contributed by atoms with E-state index in [4.69, 9.17) is 5.26 Å². The number of benzene rings is 1. The van der Waals surface area contributed by atoms with E-state index in [1.54, 1.807) is 23.1 Å². The van der Waals surface area contributed by atoms with E-state index in [1.165, 1.54) is 36.2 Å². The number of hydrogen-bond donors (Lipinski definition) is 1. The zero-order valence-electron chi connectivity index (χ0n) is 14.2. The largest absolute Gasteiger partial charge is 0.354 e. The van der Waals surface area contributed by atoms with Crippen molar-refractivity contribution in [3.63, 3.8) is 0 Å². The zero-order chi connectivity index (χ0) is 19.0. The van der Waals surface area contributed by atoms with Crippen molar-refractivity contribution in [1.29, 1.82) is 5.26 Å². The molecule has 1 aromatic heterocycles. The van der Waals surface area contributed by atoms with Crippen LogP contribution in [0.1, 0.15) is 10.4 Å². The molecular formula is C17H19N3O3S3. The number of thioether (sulfide) groups is 1.